The summed E-state index contributed by atoms with van der Waals surface area (Å²) >= 11 is 0. The summed E-state index contributed by atoms with van der Waals surface area (Å²) in [5, 5.41) is 2.81. The normalized spacial score (nSPS) is 16.2. The summed E-state index contributed by atoms with van der Waals surface area (Å²) in [5.41, 5.74) is 2.93. The van der Waals surface area contributed by atoms with Crippen LogP contribution in [0.1, 0.15) is 51.3 Å². The highest BCUT2D eigenvalue weighted by Crippen LogP contribution is 2.30. The third-order valence-electron chi connectivity index (χ3n) is 6.59. The smallest absolute Gasteiger partial charge is 0.311 e. The summed E-state index contributed by atoms with van der Waals surface area (Å²) in [6, 6.07) is 24.5. The van der Waals surface area contributed by atoms with Gasteiger partial charge in [0.1, 0.15) is 11.5 Å². The lowest BCUT2D eigenvalue weighted by atomic mass is 9.87. The van der Waals surface area contributed by atoms with Crippen LogP contribution in [0.15, 0.2) is 78.9 Å². The van der Waals surface area contributed by atoms with Crippen LogP contribution in [0.4, 0.5) is 5.69 Å². The van der Waals surface area contributed by atoms with Gasteiger partial charge in [-0.25, -0.2) is 0 Å². The summed E-state index contributed by atoms with van der Waals surface area (Å²) in [6.45, 7) is 8.17. The van der Waals surface area contributed by atoms with Crippen molar-refractivity contribution in [1.82, 2.24) is 5.32 Å². The Kier molecular flexibility index (Phi) is 8.15. The van der Waals surface area contributed by atoms with Gasteiger partial charge in [-0.3, -0.25) is 14.4 Å². The molecule has 0 unspecified atom stereocenters. The van der Waals surface area contributed by atoms with Crippen LogP contribution in [0.2, 0.25) is 0 Å². The molecule has 0 aromatic heterocycles. The van der Waals surface area contributed by atoms with Gasteiger partial charge in [-0.1, -0.05) is 63.2 Å². The van der Waals surface area contributed by atoms with Crippen molar-refractivity contribution in [2.24, 2.45) is 5.92 Å². The first-order valence-electron chi connectivity index (χ1n) is 12.8. The van der Waals surface area contributed by atoms with E-state index in [0.29, 0.717) is 11.4 Å². The fourth-order valence-corrected chi connectivity index (χ4v) is 4.33. The van der Waals surface area contributed by atoms with Gasteiger partial charge in [0, 0.05) is 18.7 Å². The molecule has 3 aromatic carbocycles. The molecule has 38 heavy (non-hydrogen) atoms. The van der Waals surface area contributed by atoms with E-state index >= 15 is 0 Å². The van der Waals surface area contributed by atoms with Gasteiger partial charge in [0.05, 0.1) is 12.0 Å². The van der Waals surface area contributed by atoms with E-state index < -0.39 is 11.9 Å². The van der Waals surface area contributed by atoms with Crippen LogP contribution in [0, 0.1) is 5.92 Å². The van der Waals surface area contributed by atoms with Crippen LogP contribution >= 0.6 is 0 Å². The number of hydrogen-bond acceptors (Lipinski definition) is 5. The van der Waals surface area contributed by atoms with Crippen LogP contribution in [0.25, 0.3) is 0 Å². The van der Waals surface area contributed by atoms with Gasteiger partial charge in [-0.05, 0) is 59.9 Å². The lowest BCUT2D eigenvalue weighted by Crippen LogP contribution is -2.32. The van der Waals surface area contributed by atoms with Gasteiger partial charge in [-0.15, -0.1) is 0 Å². The number of rotatable bonds is 8. The predicted octanol–water partition coefficient (Wildman–Crippen LogP) is 5.55. The van der Waals surface area contributed by atoms with Crippen molar-refractivity contribution < 1.29 is 23.9 Å². The zero-order valence-corrected chi connectivity index (χ0v) is 22.3. The van der Waals surface area contributed by atoms with Crippen LogP contribution in [0.5, 0.6) is 11.5 Å². The predicted molar refractivity (Wildman–Crippen MR) is 146 cm³/mol. The number of benzene rings is 3. The van der Waals surface area contributed by atoms with E-state index in [1.54, 1.807) is 29.2 Å². The van der Waals surface area contributed by atoms with E-state index in [0.717, 1.165) is 11.3 Å². The maximum Gasteiger partial charge on any atom is 0.311 e. The van der Waals surface area contributed by atoms with Crippen molar-refractivity contribution in [1.29, 1.82) is 0 Å². The van der Waals surface area contributed by atoms with Crippen molar-refractivity contribution in [3.63, 3.8) is 0 Å². The second-order valence-corrected chi connectivity index (χ2v) is 10.6. The topological polar surface area (TPSA) is 84.9 Å². The minimum absolute atomic E-state index is 0.0409. The van der Waals surface area contributed by atoms with E-state index in [9.17, 15) is 14.4 Å². The van der Waals surface area contributed by atoms with Crippen LogP contribution < -0.4 is 15.0 Å². The first kappa shape index (κ1) is 26.9. The SMILES string of the molecule is C[C@H](NC(=O)COC(=O)[C@@H]1CC(=O)N(c2ccc(Oc3ccc(C(C)(C)C)cc3)cc2)C1)c1ccccc1. The molecular formula is C31H34N2O5. The third-order valence-corrected chi connectivity index (χ3v) is 6.59. The average Bonchev–Trinajstić information content (AvgIpc) is 3.29. The lowest BCUT2D eigenvalue weighted by Gasteiger charge is -2.19. The van der Waals surface area contributed by atoms with Gasteiger partial charge in [0.25, 0.3) is 5.91 Å². The Morgan fingerprint density at radius 3 is 2.16 bits per heavy atom. The second-order valence-electron chi connectivity index (χ2n) is 10.6. The Hall–Kier alpha value is -4.13. The van der Waals surface area contributed by atoms with Crippen LogP contribution in [0.3, 0.4) is 0 Å². The molecule has 7 nitrogen and oxygen atoms in total. The highest BCUT2D eigenvalue weighted by Gasteiger charge is 2.36. The molecule has 0 radical (unpaired) electrons. The van der Waals surface area contributed by atoms with E-state index in [2.05, 4.69) is 38.2 Å². The number of nitrogens with zero attached hydrogens (tertiary/aromatic N) is 1. The summed E-state index contributed by atoms with van der Waals surface area (Å²) in [5.74, 6) is -0.357. The van der Waals surface area contributed by atoms with Gasteiger partial charge in [-0.2, -0.15) is 0 Å². The Labute approximate surface area is 223 Å². The van der Waals surface area contributed by atoms with E-state index in [1.807, 2.05) is 49.4 Å². The number of anilines is 1. The molecule has 1 N–H and O–H groups in total. The Morgan fingerprint density at radius 2 is 1.55 bits per heavy atom. The molecule has 1 fully saturated rings. The Bertz CT molecular complexity index is 1260. The average molecular weight is 515 g/mol. The van der Waals surface area contributed by atoms with Crippen molar-refractivity contribution in [3.8, 4) is 11.5 Å². The molecule has 7 heteroatoms. The second kappa shape index (κ2) is 11.5. The summed E-state index contributed by atoms with van der Waals surface area (Å²) in [4.78, 5) is 39.0. The number of carbonyl (C=O) groups is 3. The monoisotopic (exact) mass is 514 g/mol. The van der Waals surface area contributed by atoms with E-state index in [-0.39, 0.29) is 42.8 Å². The third kappa shape index (κ3) is 6.79. The van der Waals surface area contributed by atoms with Crippen molar-refractivity contribution >= 4 is 23.5 Å². The Morgan fingerprint density at radius 1 is 0.947 bits per heavy atom. The van der Waals surface area contributed by atoms with E-state index in [4.69, 9.17) is 9.47 Å². The molecule has 1 saturated heterocycles. The number of hydrogen-bond donors (Lipinski definition) is 1. The maximum atomic E-state index is 12.6. The number of ether oxygens (including phenoxy) is 2. The molecule has 1 heterocycles. The summed E-state index contributed by atoms with van der Waals surface area (Å²) in [7, 11) is 0. The quantitative estimate of drug-likeness (QED) is 0.399. The van der Waals surface area contributed by atoms with E-state index in [1.165, 1.54) is 5.56 Å². The van der Waals surface area contributed by atoms with Crippen molar-refractivity contribution in [2.75, 3.05) is 18.1 Å². The molecule has 0 saturated carbocycles. The van der Waals surface area contributed by atoms with Gasteiger partial charge in [0.2, 0.25) is 5.91 Å². The molecule has 4 rings (SSSR count). The molecule has 2 amide bonds. The first-order valence-corrected chi connectivity index (χ1v) is 12.8. The largest absolute Gasteiger partial charge is 0.457 e. The molecule has 3 aromatic rings. The van der Waals surface area contributed by atoms with Crippen LogP contribution in [-0.2, 0) is 24.5 Å². The minimum Gasteiger partial charge on any atom is -0.457 e. The van der Waals surface area contributed by atoms with Gasteiger partial charge >= 0.3 is 5.97 Å². The number of esters is 1. The van der Waals surface area contributed by atoms with Crippen molar-refractivity contribution in [2.45, 2.75) is 45.6 Å². The van der Waals surface area contributed by atoms with Crippen LogP contribution in [-0.4, -0.2) is 30.9 Å². The molecule has 1 aliphatic heterocycles. The van der Waals surface area contributed by atoms with Crippen molar-refractivity contribution in [3.05, 3.63) is 90.0 Å². The fourth-order valence-electron chi connectivity index (χ4n) is 4.33. The fraction of sp³-hybridized carbons (Fsp3) is 0.323. The lowest BCUT2D eigenvalue weighted by molar-refractivity contribution is -0.152. The highest BCUT2D eigenvalue weighted by atomic mass is 16.5. The molecular weight excluding hydrogens is 480 g/mol. The molecule has 1 aliphatic rings. The molecule has 0 bridgehead atoms. The molecule has 0 spiro atoms. The number of amides is 2. The molecule has 198 valence electrons. The van der Waals surface area contributed by atoms with Gasteiger partial charge in [0.15, 0.2) is 6.61 Å². The minimum atomic E-state index is -0.626. The maximum absolute atomic E-state index is 12.6. The zero-order chi connectivity index (χ0) is 27.3. The Balaban J connectivity index is 1.27. The van der Waals surface area contributed by atoms with Gasteiger partial charge < -0.3 is 19.7 Å². The first-order chi connectivity index (χ1) is 18.1. The zero-order valence-electron chi connectivity index (χ0n) is 22.3. The molecule has 2 atom stereocenters. The number of nitrogens with one attached hydrogen (secondary N) is 1. The summed E-state index contributed by atoms with van der Waals surface area (Å²) in [6.07, 6.45) is 0.0409. The standard InChI is InChI=1S/C31H34N2O5/c1-21(22-8-6-5-7-9-22)32-28(34)20-37-30(36)23-18-29(35)33(19-23)25-12-16-27(17-13-25)38-26-14-10-24(11-15-26)31(2,3)4/h5-17,21,23H,18-20H2,1-4H3,(H,32,34)/t21-,23+/m0/s1. The molecule has 0 aliphatic carbocycles. The summed E-state index contributed by atoms with van der Waals surface area (Å²) < 4.78 is 11.2. The highest BCUT2D eigenvalue weighted by molar-refractivity contribution is 5.99. The number of carbonyl (C=O) groups excluding carboxylic acids is 3.